The third kappa shape index (κ3) is 34.5. The van der Waals surface area contributed by atoms with E-state index in [1.54, 1.807) is 6.08 Å². The van der Waals surface area contributed by atoms with Crippen LogP contribution in [0.1, 0.15) is 284 Å². The molecule has 1 amide bonds. The third-order valence-corrected chi connectivity index (χ3v) is 18.2. The van der Waals surface area contributed by atoms with Gasteiger partial charge < -0.3 is 89.9 Å². The van der Waals surface area contributed by atoms with Crippen LogP contribution >= 0.6 is 0 Å². The lowest BCUT2D eigenvalue weighted by Crippen LogP contribution is -2.66. The Labute approximate surface area is 537 Å². The molecule has 0 aliphatic carbocycles. The molecule has 17 unspecified atom stereocenters. The van der Waals surface area contributed by atoms with Gasteiger partial charge in [0.2, 0.25) is 5.91 Å². The van der Waals surface area contributed by atoms with Crippen LogP contribution in [0, 0.1) is 0 Å². The second kappa shape index (κ2) is 52.5. The first-order valence-corrected chi connectivity index (χ1v) is 36.1. The van der Waals surface area contributed by atoms with Crippen molar-refractivity contribution in [3.63, 3.8) is 0 Å². The third-order valence-electron chi connectivity index (χ3n) is 18.2. The number of aliphatic hydroxyl groups excluding tert-OH is 11. The number of hydrogen-bond acceptors (Lipinski definition) is 18. The Kier molecular flexibility index (Phi) is 48.1. The second-order valence-electron chi connectivity index (χ2n) is 26.1. The molecule has 0 bridgehead atoms. The van der Waals surface area contributed by atoms with Gasteiger partial charge >= 0.3 is 0 Å². The summed E-state index contributed by atoms with van der Waals surface area (Å²) < 4.78 is 34.4. The maximum Gasteiger partial charge on any atom is 0.220 e. The number of carbonyl (C=O) groups is 1. The topological polar surface area (TPSA) is 307 Å². The summed E-state index contributed by atoms with van der Waals surface area (Å²) in [6.45, 7) is 1.75. The molecular formula is C70H131NO18. The van der Waals surface area contributed by atoms with E-state index in [1.807, 2.05) is 6.08 Å². The van der Waals surface area contributed by atoms with Gasteiger partial charge in [-0.3, -0.25) is 4.79 Å². The van der Waals surface area contributed by atoms with Crippen molar-refractivity contribution in [3.8, 4) is 0 Å². The minimum absolute atomic E-state index is 0.235. The van der Waals surface area contributed by atoms with Crippen LogP contribution in [-0.2, 0) is 33.2 Å². The molecule has 12 N–H and O–H groups in total. The lowest BCUT2D eigenvalue weighted by atomic mass is 9.96. The molecule has 17 atom stereocenters. The largest absolute Gasteiger partial charge is 0.394 e. The van der Waals surface area contributed by atoms with E-state index in [1.165, 1.54) is 193 Å². The van der Waals surface area contributed by atoms with Gasteiger partial charge in [0.15, 0.2) is 18.9 Å². The molecule has 89 heavy (non-hydrogen) atoms. The molecule has 0 aromatic rings. The molecule has 3 aliphatic heterocycles. The van der Waals surface area contributed by atoms with E-state index in [0.29, 0.717) is 6.42 Å². The van der Waals surface area contributed by atoms with Crippen molar-refractivity contribution in [2.24, 2.45) is 0 Å². The summed E-state index contributed by atoms with van der Waals surface area (Å²) in [5.74, 6) is -0.281. The smallest absolute Gasteiger partial charge is 0.220 e. The SMILES string of the molecule is CCCCCCCCC/C=C\CCCCCCCC(=O)NC(COC1OC(CO)C(OC2OC(CO)C(OC3OC(CO)C(O)C(O)C3O)C(O)C2O)C(O)C1O)C(O)/C=C/CCCCCCCCCCCCCCCCCCCCCCCCCCCC. The second-order valence-corrected chi connectivity index (χ2v) is 26.1. The lowest BCUT2D eigenvalue weighted by Gasteiger charge is -2.48. The molecule has 3 saturated heterocycles. The maximum atomic E-state index is 13.4. The molecule has 0 saturated carbocycles. The summed E-state index contributed by atoms with van der Waals surface area (Å²) in [4.78, 5) is 13.4. The Morgan fingerprint density at radius 2 is 0.708 bits per heavy atom. The summed E-state index contributed by atoms with van der Waals surface area (Å²) in [6.07, 6.45) is 33.1. The highest BCUT2D eigenvalue weighted by molar-refractivity contribution is 5.76. The standard InChI is InChI=1S/C70H131NO18/c1-3-5-7-9-11-13-15-17-19-21-22-23-24-25-26-27-28-29-30-31-32-33-35-37-39-41-43-45-47-54(75)53(71-58(76)48-46-44-42-40-38-36-34-20-18-16-14-12-10-8-6-4-2)52-84-68-64(82)61(79)66(56(50-73)86-68)89-70-65(83)62(80)67(57(51-74)87-70)88-69-63(81)60(78)59(77)55(49-72)85-69/h20,34,45,47,53-57,59-70,72-75,77-83H,3-19,21-33,35-44,46,48-52H2,1-2H3,(H,71,76)/b34-20-,47-45+. The highest BCUT2D eigenvalue weighted by Crippen LogP contribution is 2.33. The summed E-state index contributed by atoms with van der Waals surface area (Å²) in [5, 5.41) is 121. The molecule has 524 valence electrons. The Balaban J connectivity index is 1.41. The van der Waals surface area contributed by atoms with Gasteiger partial charge in [-0.25, -0.2) is 0 Å². The number of unbranched alkanes of at least 4 members (excludes halogenated alkanes) is 38. The first kappa shape index (κ1) is 81.5. The predicted octanol–water partition coefficient (Wildman–Crippen LogP) is 9.83. The van der Waals surface area contributed by atoms with Gasteiger partial charge in [0.1, 0.15) is 73.2 Å². The molecule has 19 nitrogen and oxygen atoms in total. The summed E-state index contributed by atoms with van der Waals surface area (Å²) in [6, 6.07) is -0.976. The fraction of sp³-hybridized carbons (Fsp3) is 0.929. The summed E-state index contributed by atoms with van der Waals surface area (Å²) >= 11 is 0. The van der Waals surface area contributed by atoms with Crippen LogP contribution in [-0.4, -0.2) is 193 Å². The molecule has 3 rings (SSSR count). The van der Waals surface area contributed by atoms with Gasteiger partial charge in [0, 0.05) is 6.42 Å². The van der Waals surface area contributed by atoms with Crippen LogP contribution in [0.3, 0.4) is 0 Å². The predicted molar refractivity (Wildman–Crippen MR) is 346 cm³/mol. The lowest BCUT2D eigenvalue weighted by molar-refractivity contribution is -0.379. The Morgan fingerprint density at radius 3 is 1.09 bits per heavy atom. The number of allylic oxidation sites excluding steroid dienone is 3. The zero-order valence-corrected chi connectivity index (χ0v) is 55.4. The number of carbonyl (C=O) groups excluding carboxylic acids is 1. The van der Waals surface area contributed by atoms with Crippen LogP contribution in [0.4, 0.5) is 0 Å². The number of nitrogens with one attached hydrogen (secondary N) is 1. The summed E-state index contributed by atoms with van der Waals surface area (Å²) in [7, 11) is 0. The van der Waals surface area contributed by atoms with E-state index in [9.17, 15) is 61.0 Å². The van der Waals surface area contributed by atoms with Crippen molar-refractivity contribution in [3.05, 3.63) is 24.3 Å². The molecule has 3 fully saturated rings. The minimum Gasteiger partial charge on any atom is -0.394 e. The van der Waals surface area contributed by atoms with Crippen molar-refractivity contribution in [1.29, 1.82) is 0 Å². The highest BCUT2D eigenvalue weighted by atomic mass is 16.8. The first-order valence-electron chi connectivity index (χ1n) is 36.1. The van der Waals surface area contributed by atoms with E-state index < -0.39 is 124 Å². The van der Waals surface area contributed by atoms with E-state index in [4.69, 9.17) is 28.4 Å². The van der Waals surface area contributed by atoms with Crippen molar-refractivity contribution >= 4 is 5.91 Å². The van der Waals surface area contributed by atoms with Crippen molar-refractivity contribution in [2.75, 3.05) is 26.4 Å². The van der Waals surface area contributed by atoms with Gasteiger partial charge in [-0.15, -0.1) is 0 Å². The van der Waals surface area contributed by atoms with E-state index in [0.717, 1.165) is 64.2 Å². The Morgan fingerprint density at radius 1 is 0.393 bits per heavy atom. The molecule has 19 heteroatoms. The Bertz CT molecular complexity index is 1710. The van der Waals surface area contributed by atoms with Crippen LogP contribution in [0.5, 0.6) is 0 Å². The van der Waals surface area contributed by atoms with E-state index in [2.05, 4.69) is 31.3 Å². The number of aliphatic hydroxyl groups is 11. The number of rotatable bonds is 56. The van der Waals surface area contributed by atoms with Gasteiger partial charge in [-0.1, -0.05) is 256 Å². The molecule has 0 aromatic carbocycles. The van der Waals surface area contributed by atoms with Crippen LogP contribution in [0.2, 0.25) is 0 Å². The quantitative estimate of drug-likeness (QED) is 0.0199. The highest BCUT2D eigenvalue weighted by Gasteiger charge is 2.53. The van der Waals surface area contributed by atoms with Crippen LogP contribution < -0.4 is 5.32 Å². The monoisotopic (exact) mass is 1270 g/mol. The minimum atomic E-state index is -1.98. The van der Waals surface area contributed by atoms with Crippen LogP contribution in [0.25, 0.3) is 0 Å². The molecule has 0 radical (unpaired) electrons. The number of ether oxygens (including phenoxy) is 6. The van der Waals surface area contributed by atoms with Gasteiger partial charge in [0.25, 0.3) is 0 Å². The van der Waals surface area contributed by atoms with Gasteiger partial charge in [0.05, 0.1) is 38.6 Å². The van der Waals surface area contributed by atoms with Crippen molar-refractivity contribution in [1.82, 2.24) is 5.32 Å². The van der Waals surface area contributed by atoms with Gasteiger partial charge in [-0.2, -0.15) is 0 Å². The van der Waals surface area contributed by atoms with Crippen LogP contribution in [0.15, 0.2) is 24.3 Å². The van der Waals surface area contributed by atoms with E-state index in [-0.39, 0.29) is 18.9 Å². The van der Waals surface area contributed by atoms with Gasteiger partial charge in [-0.05, 0) is 44.9 Å². The Hall–Kier alpha value is -1.73. The average Bonchev–Trinajstić information content (AvgIpc) is 2.43. The zero-order valence-electron chi connectivity index (χ0n) is 55.4. The summed E-state index contributed by atoms with van der Waals surface area (Å²) in [5.41, 5.74) is 0. The first-order chi connectivity index (χ1) is 43.3. The fourth-order valence-electron chi connectivity index (χ4n) is 12.4. The van der Waals surface area contributed by atoms with E-state index >= 15 is 0 Å². The number of hydrogen-bond donors (Lipinski definition) is 12. The molecule has 3 aliphatic rings. The zero-order chi connectivity index (χ0) is 64.7. The normalized spacial score (nSPS) is 28.3. The molecule has 3 heterocycles. The molecular weight excluding hydrogens is 1140 g/mol. The fourth-order valence-corrected chi connectivity index (χ4v) is 12.4. The van der Waals surface area contributed by atoms with Crippen molar-refractivity contribution < 1.29 is 89.4 Å². The molecule has 0 spiro atoms. The maximum absolute atomic E-state index is 13.4. The molecule has 0 aromatic heterocycles. The number of amides is 1. The average molecular weight is 1270 g/mol. The van der Waals surface area contributed by atoms with Crippen molar-refractivity contribution in [2.45, 2.75) is 388 Å².